The second-order valence-electron chi connectivity index (χ2n) is 6.89. The average Bonchev–Trinajstić information content (AvgIpc) is 3.23. The number of para-hydroxylation sites is 1. The van der Waals surface area contributed by atoms with Crippen molar-refractivity contribution in [3.8, 4) is 5.75 Å². The molecule has 0 aliphatic carbocycles. The van der Waals surface area contributed by atoms with Gasteiger partial charge in [0.15, 0.2) is 6.61 Å². The molecule has 8 nitrogen and oxygen atoms in total. The third-order valence-corrected chi connectivity index (χ3v) is 4.82. The van der Waals surface area contributed by atoms with Gasteiger partial charge in [0.05, 0.1) is 12.5 Å². The molecule has 1 aromatic rings. The molecule has 1 aliphatic rings. The van der Waals surface area contributed by atoms with E-state index in [9.17, 15) is 14.4 Å². The molecular formula is C20H29N3O5. The van der Waals surface area contributed by atoms with Gasteiger partial charge in [0.25, 0.3) is 5.91 Å². The first-order valence-electron chi connectivity index (χ1n) is 9.65. The number of urea groups is 1. The van der Waals surface area contributed by atoms with E-state index in [2.05, 4.69) is 5.32 Å². The summed E-state index contributed by atoms with van der Waals surface area (Å²) in [6.07, 6.45) is 2.57. The normalized spacial score (nSPS) is 14.4. The Morgan fingerprint density at radius 1 is 1.25 bits per heavy atom. The van der Waals surface area contributed by atoms with Crippen LogP contribution in [0.4, 0.5) is 4.79 Å². The van der Waals surface area contributed by atoms with Crippen molar-refractivity contribution in [3.63, 3.8) is 0 Å². The Kier molecular flexibility index (Phi) is 8.10. The molecule has 1 aliphatic heterocycles. The summed E-state index contributed by atoms with van der Waals surface area (Å²) in [5.41, 5.74) is 0.791. The molecule has 0 aromatic heterocycles. The second-order valence-corrected chi connectivity index (χ2v) is 6.89. The van der Waals surface area contributed by atoms with Gasteiger partial charge in [0.1, 0.15) is 5.75 Å². The summed E-state index contributed by atoms with van der Waals surface area (Å²) in [5.74, 6) is -0.415. The number of carboxylic acids is 1. The monoisotopic (exact) mass is 391 g/mol. The van der Waals surface area contributed by atoms with Gasteiger partial charge >= 0.3 is 12.0 Å². The number of carboxylic acid groups (broad SMARTS) is 1. The molecule has 1 aromatic carbocycles. The number of hydrogen-bond acceptors (Lipinski definition) is 4. The van der Waals surface area contributed by atoms with Gasteiger partial charge in [-0.15, -0.1) is 0 Å². The quantitative estimate of drug-likeness (QED) is 0.673. The summed E-state index contributed by atoms with van der Waals surface area (Å²) in [4.78, 5) is 38.4. The van der Waals surface area contributed by atoms with Crippen LogP contribution in [0, 0.1) is 0 Å². The Balaban J connectivity index is 2.00. The van der Waals surface area contributed by atoms with E-state index in [1.54, 1.807) is 18.0 Å². The summed E-state index contributed by atoms with van der Waals surface area (Å²) in [5, 5.41) is 11.7. The smallest absolute Gasteiger partial charge is 0.317 e. The Morgan fingerprint density at radius 3 is 2.57 bits per heavy atom. The lowest BCUT2D eigenvalue weighted by atomic mass is 10.0. The minimum atomic E-state index is -0.951. The number of nitrogens with zero attached hydrogens (tertiary/aromatic N) is 2. The van der Waals surface area contributed by atoms with Gasteiger partial charge in [-0.2, -0.15) is 0 Å². The third kappa shape index (κ3) is 6.14. The lowest BCUT2D eigenvalue weighted by Gasteiger charge is -2.24. The number of carbonyl (C=O) groups excluding carboxylic acids is 2. The lowest BCUT2D eigenvalue weighted by molar-refractivity contribution is -0.137. The highest BCUT2D eigenvalue weighted by Crippen LogP contribution is 2.27. The zero-order valence-electron chi connectivity index (χ0n) is 16.5. The van der Waals surface area contributed by atoms with E-state index in [-0.39, 0.29) is 37.6 Å². The first-order chi connectivity index (χ1) is 13.4. The van der Waals surface area contributed by atoms with Crippen molar-refractivity contribution in [2.24, 2.45) is 0 Å². The van der Waals surface area contributed by atoms with E-state index in [4.69, 9.17) is 9.84 Å². The fourth-order valence-corrected chi connectivity index (χ4v) is 3.12. The maximum atomic E-state index is 12.4. The highest BCUT2D eigenvalue weighted by molar-refractivity contribution is 5.78. The molecule has 3 amide bonds. The minimum Gasteiger partial charge on any atom is -0.483 e. The Bertz CT molecular complexity index is 688. The maximum absolute atomic E-state index is 12.4. The van der Waals surface area contributed by atoms with Crippen LogP contribution in [-0.2, 0) is 9.59 Å². The van der Waals surface area contributed by atoms with Crippen LogP contribution in [0.2, 0.25) is 0 Å². The molecule has 1 fully saturated rings. The Hall–Kier alpha value is -2.77. The number of likely N-dealkylation sites (tertiary alicyclic amines) is 1. The van der Waals surface area contributed by atoms with E-state index in [1.807, 2.05) is 25.1 Å². The van der Waals surface area contributed by atoms with E-state index >= 15 is 0 Å². The summed E-state index contributed by atoms with van der Waals surface area (Å²) in [6.45, 7) is 3.59. The van der Waals surface area contributed by atoms with E-state index in [0.29, 0.717) is 12.2 Å². The van der Waals surface area contributed by atoms with E-state index in [1.165, 1.54) is 4.90 Å². The summed E-state index contributed by atoms with van der Waals surface area (Å²) in [7, 11) is 1.56. The molecule has 0 spiro atoms. The molecule has 2 rings (SSSR count). The first-order valence-corrected chi connectivity index (χ1v) is 9.65. The molecule has 0 radical (unpaired) electrons. The van der Waals surface area contributed by atoms with Crippen LogP contribution < -0.4 is 10.1 Å². The lowest BCUT2D eigenvalue weighted by Crippen LogP contribution is -2.40. The molecule has 1 atom stereocenters. The molecule has 1 saturated heterocycles. The maximum Gasteiger partial charge on any atom is 0.317 e. The first kappa shape index (κ1) is 21.5. The van der Waals surface area contributed by atoms with Gasteiger partial charge in [-0.05, 0) is 25.3 Å². The van der Waals surface area contributed by atoms with Crippen LogP contribution in [0.15, 0.2) is 24.3 Å². The number of ether oxygens (including phenoxy) is 1. The number of amides is 3. The standard InChI is InChI=1S/C20H29N3O5/c1-3-16(21-20(27)22(2)13-10-19(25)26)15-8-4-5-9-17(15)28-14-18(24)23-11-6-7-12-23/h4-5,8-9,16H,3,6-7,10-14H2,1-2H3,(H,21,27)(H,25,26). The van der Waals surface area contributed by atoms with Gasteiger partial charge in [0, 0.05) is 32.2 Å². The van der Waals surface area contributed by atoms with Crippen molar-refractivity contribution in [3.05, 3.63) is 29.8 Å². The largest absolute Gasteiger partial charge is 0.483 e. The molecule has 1 unspecified atom stereocenters. The van der Waals surface area contributed by atoms with Crippen molar-refractivity contribution in [2.45, 2.75) is 38.6 Å². The molecule has 154 valence electrons. The second kappa shape index (κ2) is 10.5. The SMILES string of the molecule is CCC(NC(=O)N(C)CCC(=O)O)c1ccccc1OCC(=O)N1CCCC1. The molecule has 8 heteroatoms. The highest BCUT2D eigenvalue weighted by atomic mass is 16.5. The Morgan fingerprint density at radius 2 is 1.93 bits per heavy atom. The third-order valence-electron chi connectivity index (χ3n) is 4.82. The number of benzene rings is 1. The predicted octanol–water partition coefficient (Wildman–Crippen LogP) is 2.26. The van der Waals surface area contributed by atoms with Gasteiger partial charge in [0.2, 0.25) is 0 Å². The fraction of sp³-hybridized carbons (Fsp3) is 0.550. The van der Waals surface area contributed by atoms with Crippen molar-refractivity contribution in [2.75, 3.05) is 33.3 Å². The van der Waals surface area contributed by atoms with Gasteiger partial charge in [-0.3, -0.25) is 9.59 Å². The van der Waals surface area contributed by atoms with Crippen LogP contribution in [0.1, 0.15) is 44.2 Å². The number of rotatable bonds is 9. The Labute approximate surface area is 165 Å². The van der Waals surface area contributed by atoms with E-state index < -0.39 is 5.97 Å². The minimum absolute atomic E-state index is 0.0279. The summed E-state index contributed by atoms with van der Waals surface area (Å²) >= 11 is 0. The van der Waals surface area contributed by atoms with Gasteiger partial charge in [-0.1, -0.05) is 25.1 Å². The van der Waals surface area contributed by atoms with Crippen LogP contribution in [0.5, 0.6) is 5.75 Å². The zero-order chi connectivity index (χ0) is 20.5. The number of aliphatic carboxylic acids is 1. The molecule has 0 saturated carbocycles. The van der Waals surface area contributed by atoms with Crippen LogP contribution in [0.3, 0.4) is 0 Å². The molecule has 2 N–H and O–H groups in total. The van der Waals surface area contributed by atoms with Crippen molar-refractivity contribution >= 4 is 17.9 Å². The molecule has 1 heterocycles. The molecule has 28 heavy (non-hydrogen) atoms. The zero-order valence-corrected chi connectivity index (χ0v) is 16.5. The highest BCUT2D eigenvalue weighted by Gasteiger charge is 2.21. The average molecular weight is 391 g/mol. The van der Waals surface area contributed by atoms with Crippen LogP contribution in [-0.4, -0.2) is 66.1 Å². The topological polar surface area (TPSA) is 99.2 Å². The molecular weight excluding hydrogens is 362 g/mol. The molecule has 0 bridgehead atoms. The van der Waals surface area contributed by atoms with Crippen LogP contribution in [0.25, 0.3) is 0 Å². The number of hydrogen-bond donors (Lipinski definition) is 2. The van der Waals surface area contributed by atoms with Crippen molar-refractivity contribution in [1.82, 2.24) is 15.1 Å². The summed E-state index contributed by atoms with van der Waals surface area (Å²) in [6, 6.07) is 6.67. The summed E-state index contributed by atoms with van der Waals surface area (Å²) < 4.78 is 5.78. The van der Waals surface area contributed by atoms with Crippen LogP contribution >= 0.6 is 0 Å². The van der Waals surface area contributed by atoms with E-state index in [0.717, 1.165) is 31.5 Å². The van der Waals surface area contributed by atoms with Gasteiger partial charge in [-0.25, -0.2) is 4.79 Å². The van der Waals surface area contributed by atoms with Gasteiger partial charge < -0.3 is 25.0 Å². The van der Waals surface area contributed by atoms with Crippen molar-refractivity contribution in [1.29, 1.82) is 0 Å². The predicted molar refractivity (Wildman–Crippen MR) is 104 cm³/mol. The fourth-order valence-electron chi connectivity index (χ4n) is 3.12. The van der Waals surface area contributed by atoms with Crippen molar-refractivity contribution < 1.29 is 24.2 Å². The number of carbonyl (C=O) groups is 3. The number of nitrogens with one attached hydrogen (secondary N) is 1.